The molecule has 6 unspecified atom stereocenters. The minimum Gasteiger partial charge on any atom is -0.393 e. The summed E-state index contributed by atoms with van der Waals surface area (Å²) in [6.45, 7) is 5.90. The minimum absolute atomic E-state index is 0.00809. The number of aliphatic hydroxyl groups excluding tert-OH is 1. The van der Waals surface area contributed by atoms with E-state index in [0.717, 1.165) is 29.8 Å². The number of sulfonamides is 1. The highest BCUT2D eigenvalue weighted by atomic mass is 32.2. The largest absolute Gasteiger partial charge is 0.393 e. The Balaban J connectivity index is 1.31. The van der Waals surface area contributed by atoms with Crippen molar-refractivity contribution in [2.45, 2.75) is 63.1 Å². The van der Waals surface area contributed by atoms with Gasteiger partial charge in [0, 0.05) is 16.7 Å². The summed E-state index contributed by atoms with van der Waals surface area (Å²) in [4.78, 5) is 30.3. The Morgan fingerprint density at radius 3 is 2.74 bits per heavy atom. The van der Waals surface area contributed by atoms with Gasteiger partial charge < -0.3 is 10.2 Å². The van der Waals surface area contributed by atoms with Gasteiger partial charge in [0.2, 0.25) is 10.0 Å². The van der Waals surface area contributed by atoms with E-state index in [4.69, 9.17) is 5.14 Å². The molecule has 0 radical (unpaired) electrons. The summed E-state index contributed by atoms with van der Waals surface area (Å²) >= 11 is 1.11. The van der Waals surface area contributed by atoms with Gasteiger partial charge in [-0.2, -0.15) is 0 Å². The van der Waals surface area contributed by atoms with Crippen LogP contribution < -0.4 is 10.5 Å². The van der Waals surface area contributed by atoms with Crippen molar-refractivity contribution in [3.05, 3.63) is 42.0 Å². The SMILES string of the molecule is C[C@@H]1CC2C3CCC4=CC(=O)C=CC4(C)C3C(O)CC2(C)[C@@]1(O)C(=O)Nc1nc2ccc(S(N)(=O)=O)cc2s1. The van der Waals surface area contributed by atoms with Crippen LogP contribution in [0.15, 0.2) is 46.9 Å². The number of aliphatic hydroxyl groups is 2. The van der Waals surface area contributed by atoms with Crippen LogP contribution in [0, 0.1) is 34.5 Å². The molecule has 4 aliphatic carbocycles. The number of aromatic nitrogens is 1. The monoisotopic (exact) mass is 571 g/mol. The summed E-state index contributed by atoms with van der Waals surface area (Å²) < 4.78 is 24.0. The summed E-state index contributed by atoms with van der Waals surface area (Å²) in [5.41, 5.74) is -1.49. The van der Waals surface area contributed by atoms with Crippen molar-refractivity contribution >= 4 is 48.4 Å². The Bertz CT molecular complexity index is 1580. The highest BCUT2D eigenvalue weighted by molar-refractivity contribution is 7.89. The van der Waals surface area contributed by atoms with E-state index >= 15 is 0 Å². The maximum atomic E-state index is 13.9. The lowest BCUT2D eigenvalue weighted by Gasteiger charge is -2.59. The normalized spacial score (nSPS) is 39.6. The molecule has 39 heavy (non-hydrogen) atoms. The number of ketones is 1. The van der Waals surface area contributed by atoms with Gasteiger partial charge in [-0.15, -0.1) is 0 Å². The first-order chi connectivity index (χ1) is 18.2. The van der Waals surface area contributed by atoms with Crippen LogP contribution >= 0.6 is 11.3 Å². The molecule has 2 aromatic rings. The topological polar surface area (TPSA) is 160 Å². The molecule has 1 aromatic heterocycles. The fourth-order valence-corrected chi connectivity index (χ4v) is 9.99. The molecule has 0 bridgehead atoms. The Hall–Kier alpha value is -2.44. The van der Waals surface area contributed by atoms with E-state index in [1.54, 1.807) is 12.2 Å². The lowest BCUT2D eigenvalue weighted by Crippen LogP contribution is -2.63. The molecule has 0 saturated heterocycles. The third kappa shape index (κ3) is 3.73. The molecule has 1 amide bonds. The average molecular weight is 572 g/mol. The summed E-state index contributed by atoms with van der Waals surface area (Å²) in [7, 11) is -3.89. The van der Waals surface area contributed by atoms with Gasteiger partial charge in [-0.25, -0.2) is 18.5 Å². The van der Waals surface area contributed by atoms with Gasteiger partial charge in [-0.3, -0.25) is 14.9 Å². The number of hydrogen-bond donors (Lipinski definition) is 4. The number of carbonyl (C=O) groups excluding carboxylic acids is 2. The number of rotatable bonds is 3. The lowest BCUT2D eigenvalue weighted by atomic mass is 9.46. The lowest BCUT2D eigenvalue weighted by molar-refractivity contribution is -0.179. The van der Waals surface area contributed by atoms with Crippen molar-refractivity contribution in [1.29, 1.82) is 0 Å². The van der Waals surface area contributed by atoms with Gasteiger partial charge in [-0.05, 0) is 73.8 Å². The van der Waals surface area contributed by atoms with Gasteiger partial charge in [0.15, 0.2) is 16.5 Å². The van der Waals surface area contributed by atoms with E-state index in [1.807, 2.05) is 19.9 Å². The van der Waals surface area contributed by atoms with Crippen LogP contribution in [0.2, 0.25) is 0 Å². The number of hydrogen-bond acceptors (Lipinski definition) is 8. The Morgan fingerprint density at radius 1 is 1.28 bits per heavy atom. The van der Waals surface area contributed by atoms with Crippen LogP contribution in [0.4, 0.5) is 5.13 Å². The molecule has 1 aromatic carbocycles. The first-order valence-electron chi connectivity index (χ1n) is 13.3. The molecule has 3 fully saturated rings. The standard InChI is InChI=1S/C28H33N3O6S2/c1-14-10-19-18-6-4-15-11-16(32)8-9-26(15,2)23(18)21(33)13-27(19,3)28(14,35)24(34)31-25-30-20-7-5-17(39(29,36)37)12-22(20)38-25/h5,7-9,11-12,14,18-19,21,23,33,35H,4,6,10,13H2,1-3H3,(H2,29,36,37)(H,30,31,34)/t14-,18?,19?,21?,23?,26?,27?,28+/m1/s1. The molecular formula is C28H33N3O6S2. The predicted octanol–water partition coefficient (Wildman–Crippen LogP) is 3.14. The number of thiazole rings is 1. The molecular weight excluding hydrogens is 538 g/mol. The molecule has 4 aliphatic rings. The number of benzene rings is 1. The molecule has 5 N–H and O–H groups in total. The number of allylic oxidation sites excluding steroid dienone is 4. The summed E-state index contributed by atoms with van der Waals surface area (Å²) in [6, 6.07) is 4.31. The zero-order valence-electron chi connectivity index (χ0n) is 22.0. The molecule has 8 atom stereocenters. The smallest absolute Gasteiger partial charge is 0.258 e. The third-order valence-corrected chi connectivity index (χ3v) is 12.2. The van der Waals surface area contributed by atoms with Crippen molar-refractivity contribution in [3.63, 3.8) is 0 Å². The van der Waals surface area contributed by atoms with Gasteiger partial charge in [-0.1, -0.05) is 43.8 Å². The molecule has 1 heterocycles. The number of amides is 1. The molecule has 9 nitrogen and oxygen atoms in total. The van der Waals surface area contributed by atoms with Gasteiger partial charge in [0.1, 0.15) is 0 Å². The fourth-order valence-electron chi connectivity index (χ4n) is 8.47. The van der Waals surface area contributed by atoms with E-state index in [-0.39, 0.29) is 45.9 Å². The second-order valence-electron chi connectivity index (χ2n) is 12.3. The van der Waals surface area contributed by atoms with Gasteiger partial charge in [0.05, 0.1) is 21.2 Å². The van der Waals surface area contributed by atoms with Crippen LogP contribution in [0.5, 0.6) is 0 Å². The number of nitrogens with one attached hydrogen (secondary N) is 1. The van der Waals surface area contributed by atoms with Crippen LogP contribution in [0.3, 0.4) is 0 Å². The van der Waals surface area contributed by atoms with Crippen LogP contribution in [-0.2, 0) is 19.6 Å². The van der Waals surface area contributed by atoms with E-state index in [1.165, 1.54) is 18.2 Å². The quantitative estimate of drug-likeness (QED) is 0.440. The van der Waals surface area contributed by atoms with Crippen molar-refractivity contribution in [2.24, 2.45) is 39.6 Å². The highest BCUT2D eigenvalue weighted by Crippen LogP contribution is 2.68. The van der Waals surface area contributed by atoms with E-state index in [2.05, 4.69) is 17.2 Å². The average Bonchev–Trinajstić information content (AvgIpc) is 3.34. The molecule has 11 heteroatoms. The summed E-state index contributed by atoms with van der Waals surface area (Å²) in [5.74, 6) is -0.963. The van der Waals surface area contributed by atoms with Crippen LogP contribution in [-0.4, -0.2) is 47.0 Å². The third-order valence-electron chi connectivity index (χ3n) is 10.3. The molecule has 3 saturated carbocycles. The zero-order valence-corrected chi connectivity index (χ0v) is 23.7. The van der Waals surface area contributed by atoms with Crippen LogP contribution in [0.25, 0.3) is 10.2 Å². The maximum absolute atomic E-state index is 13.9. The second kappa shape index (κ2) is 8.53. The van der Waals surface area contributed by atoms with Crippen LogP contribution in [0.1, 0.15) is 46.5 Å². The number of carbonyl (C=O) groups is 2. The Morgan fingerprint density at radius 2 is 2.03 bits per heavy atom. The van der Waals surface area contributed by atoms with Crippen molar-refractivity contribution < 1.29 is 28.2 Å². The summed E-state index contributed by atoms with van der Waals surface area (Å²) in [6.07, 6.45) is 6.93. The van der Waals surface area contributed by atoms with E-state index in [0.29, 0.717) is 16.6 Å². The van der Waals surface area contributed by atoms with Crippen molar-refractivity contribution in [1.82, 2.24) is 4.98 Å². The van der Waals surface area contributed by atoms with Crippen molar-refractivity contribution in [2.75, 3.05) is 5.32 Å². The maximum Gasteiger partial charge on any atom is 0.258 e. The van der Waals surface area contributed by atoms with E-state index in [9.17, 15) is 28.2 Å². The number of primary sulfonamides is 1. The zero-order chi connectivity index (χ0) is 28.1. The Labute approximate surface area is 231 Å². The first kappa shape index (κ1) is 26.8. The number of nitrogens with zero attached hydrogens (tertiary/aromatic N) is 1. The van der Waals surface area contributed by atoms with Gasteiger partial charge >= 0.3 is 0 Å². The Kier molecular flexibility index (Phi) is 5.85. The van der Waals surface area contributed by atoms with E-state index < -0.39 is 38.5 Å². The summed E-state index contributed by atoms with van der Waals surface area (Å²) in [5, 5.41) is 32.1. The number of nitrogens with two attached hydrogens (primary N) is 1. The number of fused-ring (bicyclic) bond motifs is 6. The second-order valence-corrected chi connectivity index (χ2v) is 14.9. The molecule has 6 rings (SSSR count). The fraction of sp³-hybridized carbons (Fsp3) is 0.536. The first-order valence-corrected chi connectivity index (χ1v) is 15.6. The number of anilines is 1. The predicted molar refractivity (Wildman–Crippen MR) is 147 cm³/mol. The van der Waals surface area contributed by atoms with Gasteiger partial charge in [0.25, 0.3) is 5.91 Å². The molecule has 0 aliphatic heterocycles. The highest BCUT2D eigenvalue weighted by Gasteiger charge is 2.70. The molecule has 208 valence electrons. The molecule has 0 spiro atoms. The minimum atomic E-state index is -3.89. The van der Waals surface area contributed by atoms with Crippen molar-refractivity contribution in [3.8, 4) is 0 Å².